The van der Waals surface area contributed by atoms with Crippen LogP contribution in [0, 0.1) is 5.92 Å². The predicted molar refractivity (Wildman–Crippen MR) is 125 cm³/mol. The fraction of sp³-hybridized carbons (Fsp3) is 0.480. The number of hydrogen-bond acceptors (Lipinski definition) is 3. The Balaban J connectivity index is 1.86. The Bertz CT molecular complexity index is 934. The number of benzene rings is 2. The number of methoxy groups -OCH3 is 1. The largest absolute Gasteiger partial charge is 0.497 e. The van der Waals surface area contributed by atoms with Gasteiger partial charge in [0, 0.05) is 22.6 Å². The molecule has 156 valence electrons. The molecule has 0 bridgehead atoms. The minimum Gasteiger partial charge on any atom is -0.497 e. The molecule has 0 aliphatic heterocycles. The van der Waals surface area contributed by atoms with Gasteiger partial charge in [0.25, 0.3) is 0 Å². The first-order chi connectivity index (χ1) is 13.9. The molecular weight excluding hydrogens is 376 g/mol. The van der Waals surface area contributed by atoms with Gasteiger partial charge in [-0.15, -0.1) is 11.8 Å². The van der Waals surface area contributed by atoms with Crippen molar-refractivity contribution in [2.75, 3.05) is 7.11 Å². The molecule has 0 saturated carbocycles. The van der Waals surface area contributed by atoms with Crippen LogP contribution in [0.15, 0.2) is 47.4 Å². The third-order valence-corrected chi connectivity index (χ3v) is 6.62. The van der Waals surface area contributed by atoms with Gasteiger partial charge in [0.1, 0.15) is 11.6 Å². The summed E-state index contributed by atoms with van der Waals surface area (Å²) in [5, 5.41) is 0. The van der Waals surface area contributed by atoms with Gasteiger partial charge in [0.05, 0.1) is 18.1 Å². The first kappa shape index (κ1) is 21.8. The van der Waals surface area contributed by atoms with E-state index in [-0.39, 0.29) is 5.41 Å². The van der Waals surface area contributed by atoms with Crippen molar-refractivity contribution >= 4 is 22.8 Å². The second-order valence-electron chi connectivity index (χ2n) is 8.77. The van der Waals surface area contributed by atoms with Crippen molar-refractivity contribution in [3.05, 3.63) is 53.9 Å². The normalized spacial score (nSPS) is 12.1. The van der Waals surface area contributed by atoms with Crippen LogP contribution in [-0.2, 0) is 17.7 Å². The number of thioether (sulfide) groups is 1. The van der Waals surface area contributed by atoms with Crippen molar-refractivity contribution in [3.63, 3.8) is 0 Å². The van der Waals surface area contributed by atoms with Gasteiger partial charge < -0.3 is 9.30 Å². The van der Waals surface area contributed by atoms with Crippen molar-refractivity contribution in [3.8, 4) is 5.75 Å². The number of nitrogens with zero attached hydrogens (tertiary/aromatic N) is 2. The lowest BCUT2D eigenvalue weighted by atomic mass is 9.95. The number of imidazole rings is 1. The van der Waals surface area contributed by atoms with Gasteiger partial charge in [-0.3, -0.25) is 0 Å². The summed E-state index contributed by atoms with van der Waals surface area (Å²) in [6.07, 6.45) is 2.41. The molecule has 0 aliphatic carbocycles. The Kier molecular flexibility index (Phi) is 6.94. The zero-order chi connectivity index (χ0) is 21.0. The maximum absolute atomic E-state index is 5.25. The van der Waals surface area contributed by atoms with Crippen LogP contribution in [0.3, 0.4) is 0 Å². The number of rotatable bonds is 8. The van der Waals surface area contributed by atoms with Gasteiger partial charge in [0.2, 0.25) is 0 Å². The summed E-state index contributed by atoms with van der Waals surface area (Å²) in [4.78, 5) is 6.34. The van der Waals surface area contributed by atoms with E-state index in [9.17, 15) is 0 Å². The standard InChI is InChI=1S/C25H34N2OS/c1-7-18(8-2)16-27-23-14-13-21(15-22(23)26-24(27)25(3,4)5)29-17-19-9-11-20(28-6)12-10-19/h9-15,18H,7-8,16-17H2,1-6H3. The Labute approximate surface area is 179 Å². The highest BCUT2D eigenvalue weighted by atomic mass is 32.2. The Hall–Kier alpha value is -1.94. The molecule has 0 spiro atoms. The summed E-state index contributed by atoms with van der Waals surface area (Å²) in [5.74, 6) is 3.73. The van der Waals surface area contributed by atoms with Crippen molar-refractivity contribution < 1.29 is 4.74 Å². The van der Waals surface area contributed by atoms with Crippen LogP contribution in [0.4, 0.5) is 0 Å². The number of fused-ring (bicyclic) bond motifs is 1. The maximum Gasteiger partial charge on any atom is 0.118 e. The SMILES string of the molecule is CCC(CC)Cn1c(C(C)(C)C)nc2cc(SCc3ccc(OC)cc3)ccc21. The molecule has 1 heterocycles. The smallest absolute Gasteiger partial charge is 0.118 e. The summed E-state index contributed by atoms with van der Waals surface area (Å²) >= 11 is 1.86. The summed E-state index contributed by atoms with van der Waals surface area (Å²) < 4.78 is 7.71. The minimum atomic E-state index is 0.0292. The Morgan fingerprint density at radius 2 is 1.72 bits per heavy atom. The number of ether oxygens (including phenoxy) is 1. The Morgan fingerprint density at radius 1 is 1.03 bits per heavy atom. The zero-order valence-corrected chi connectivity index (χ0v) is 19.5. The summed E-state index contributed by atoms with van der Waals surface area (Å²) in [6.45, 7) is 12.4. The Morgan fingerprint density at radius 3 is 2.31 bits per heavy atom. The third-order valence-electron chi connectivity index (χ3n) is 5.55. The van der Waals surface area contributed by atoms with Gasteiger partial charge in [-0.1, -0.05) is 59.6 Å². The van der Waals surface area contributed by atoms with Gasteiger partial charge in [-0.2, -0.15) is 0 Å². The van der Waals surface area contributed by atoms with Crippen LogP contribution in [0.2, 0.25) is 0 Å². The molecule has 0 N–H and O–H groups in total. The van der Waals surface area contributed by atoms with Gasteiger partial charge in [0.15, 0.2) is 0 Å². The molecule has 0 aliphatic rings. The summed E-state index contributed by atoms with van der Waals surface area (Å²) in [6, 6.07) is 15.1. The lowest BCUT2D eigenvalue weighted by Gasteiger charge is -2.23. The molecule has 4 heteroatoms. The van der Waals surface area contributed by atoms with E-state index in [1.54, 1.807) is 7.11 Å². The quantitative estimate of drug-likeness (QED) is 0.372. The average Bonchev–Trinajstić information content (AvgIpc) is 3.08. The van der Waals surface area contributed by atoms with Crippen LogP contribution in [-0.4, -0.2) is 16.7 Å². The molecule has 0 amide bonds. The van der Waals surface area contributed by atoms with Crippen LogP contribution in [0.25, 0.3) is 11.0 Å². The highest BCUT2D eigenvalue weighted by Crippen LogP contribution is 2.32. The van der Waals surface area contributed by atoms with Crippen LogP contribution in [0.1, 0.15) is 58.8 Å². The molecule has 0 fully saturated rings. The summed E-state index contributed by atoms with van der Waals surface area (Å²) in [5.41, 5.74) is 3.70. The van der Waals surface area contributed by atoms with Crippen molar-refractivity contribution in [2.24, 2.45) is 5.92 Å². The molecule has 3 rings (SSSR count). The second-order valence-corrected chi connectivity index (χ2v) is 9.81. The highest BCUT2D eigenvalue weighted by molar-refractivity contribution is 7.98. The van der Waals surface area contributed by atoms with Crippen LogP contribution in [0.5, 0.6) is 5.75 Å². The molecule has 29 heavy (non-hydrogen) atoms. The van der Waals surface area contributed by atoms with Crippen molar-refractivity contribution in [1.29, 1.82) is 0 Å². The molecule has 3 aromatic rings. The first-order valence-electron chi connectivity index (χ1n) is 10.6. The molecule has 1 aromatic heterocycles. The molecule has 0 unspecified atom stereocenters. The fourth-order valence-corrected chi connectivity index (χ4v) is 4.54. The molecular formula is C25H34N2OS. The minimum absolute atomic E-state index is 0.0292. The fourth-order valence-electron chi connectivity index (χ4n) is 3.65. The van der Waals surface area contributed by atoms with E-state index in [1.807, 2.05) is 23.9 Å². The van der Waals surface area contributed by atoms with E-state index in [0.717, 1.165) is 23.6 Å². The van der Waals surface area contributed by atoms with Gasteiger partial charge in [-0.05, 0) is 41.8 Å². The van der Waals surface area contributed by atoms with E-state index in [2.05, 4.69) is 69.5 Å². The molecule has 0 saturated heterocycles. The third kappa shape index (κ3) is 5.16. The van der Waals surface area contributed by atoms with Crippen LogP contribution >= 0.6 is 11.8 Å². The molecule has 2 aromatic carbocycles. The highest BCUT2D eigenvalue weighted by Gasteiger charge is 2.24. The second kappa shape index (κ2) is 9.25. The van der Waals surface area contributed by atoms with E-state index < -0.39 is 0 Å². The number of aromatic nitrogens is 2. The van der Waals surface area contributed by atoms with E-state index >= 15 is 0 Å². The molecule has 0 radical (unpaired) electrons. The van der Waals surface area contributed by atoms with Crippen molar-refractivity contribution in [1.82, 2.24) is 9.55 Å². The average molecular weight is 411 g/mol. The monoisotopic (exact) mass is 410 g/mol. The predicted octanol–water partition coefficient (Wildman–Crippen LogP) is 7.07. The van der Waals surface area contributed by atoms with Crippen molar-refractivity contribution in [2.45, 2.75) is 70.1 Å². The molecule has 0 atom stereocenters. The lowest BCUT2D eigenvalue weighted by Crippen LogP contribution is -2.21. The lowest BCUT2D eigenvalue weighted by molar-refractivity contribution is 0.396. The summed E-state index contributed by atoms with van der Waals surface area (Å²) in [7, 11) is 1.70. The zero-order valence-electron chi connectivity index (χ0n) is 18.7. The molecule has 3 nitrogen and oxygen atoms in total. The van der Waals surface area contributed by atoms with E-state index in [4.69, 9.17) is 9.72 Å². The topological polar surface area (TPSA) is 27.1 Å². The van der Waals surface area contributed by atoms with Gasteiger partial charge >= 0.3 is 0 Å². The van der Waals surface area contributed by atoms with Gasteiger partial charge in [-0.25, -0.2) is 4.98 Å². The van der Waals surface area contributed by atoms with Crippen LogP contribution < -0.4 is 4.74 Å². The maximum atomic E-state index is 5.25. The first-order valence-corrected chi connectivity index (χ1v) is 11.6. The van der Waals surface area contributed by atoms with E-state index in [0.29, 0.717) is 5.92 Å². The van der Waals surface area contributed by atoms with E-state index in [1.165, 1.54) is 34.6 Å². The number of hydrogen-bond donors (Lipinski definition) is 0.